The number of carbonyl (C=O) groups excluding carboxylic acids is 3. The van der Waals surface area contributed by atoms with Gasteiger partial charge in [-0.1, -0.05) is 13.8 Å². The third kappa shape index (κ3) is 4.20. The highest BCUT2D eigenvalue weighted by Crippen LogP contribution is 2.06. The van der Waals surface area contributed by atoms with Crippen LogP contribution in [0.15, 0.2) is 4.99 Å². The van der Waals surface area contributed by atoms with E-state index in [1.165, 1.54) is 18.7 Å². The number of hydrogen-bond acceptors (Lipinski definition) is 5. The standard InChI is InChI=1S/C14H22N4O4/c1-9(2)8-18-12(15)11(13(20)17(3)14(18)21)16-10(19)6-5-7-22-4/h9,15H,5-8H2,1-4H3/p+1. The van der Waals surface area contributed by atoms with E-state index >= 15 is 0 Å². The summed E-state index contributed by atoms with van der Waals surface area (Å²) in [6.07, 6.45) is 0.657. The molecule has 8 nitrogen and oxygen atoms in total. The fourth-order valence-corrected chi connectivity index (χ4v) is 1.96. The van der Waals surface area contributed by atoms with Crippen LogP contribution in [0.5, 0.6) is 0 Å². The van der Waals surface area contributed by atoms with Crippen LogP contribution in [0.2, 0.25) is 0 Å². The molecule has 0 saturated heterocycles. The molecular formula is C14H23N4O4+. The average Bonchev–Trinajstić information content (AvgIpc) is 2.46. The van der Waals surface area contributed by atoms with Crippen LogP contribution in [0.1, 0.15) is 26.7 Å². The highest BCUT2D eigenvalue weighted by atomic mass is 16.5. The first-order valence-electron chi connectivity index (χ1n) is 7.12. The van der Waals surface area contributed by atoms with Crippen molar-refractivity contribution >= 4 is 29.4 Å². The summed E-state index contributed by atoms with van der Waals surface area (Å²) in [7, 11) is 2.88. The summed E-state index contributed by atoms with van der Waals surface area (Å²) < 4.78 is 6.13. The van der Waals surface area contributed by atoms with E-state index in [-0.39, 0.29) is 23.9 Å². The number of nitrogens with two attached hydrogens (primary N) is 1. The predicted molar refractivity (Wildman–Crippen MR) is 80.9 cm³/mol. The van der Waals surface area contributed by atoms with Crippen molar-refractivity contribution in [3.63, 3.8) is 0 Å². The fourth-order valence-electron chi connectivity index (χ4n) is 1.96. The topological polar surface area (TPSA) is 105 Å². The molecule has 0 aromatic heterocycles. The Labute approximate surface area is 129 Å². The molecule has 122 valence electrons. The SMILES string of the molecule is COCCCC(=O)N=C1C(=O)N(C)C(=O)[N+](CC(C)C)=C1N. The van der Waals surface area contributed by atoms with Gasteiger partial charge >= 0.3 is 11.9 Å². The predicted octanol–water partition coefficient (Wildman–Crippen LogP) is -0.00170. The van der Waals surface area contributed by atoms with Crippen molar-refractivity contribution in [3.05, 3.63) is 0 Å². The summed E-state index contributed by atoms with van der Waals surface area (Å²) in [5.41, 5.74) is 5.71. The Balaban J connectivity index is 3.09. The molecule has 0 radical (unpaired) electrons. The zero-order valence-corrected chi connectivity index (χ0v) is 13.5. The molecular weight excluding hydrogens is 288 g/mol. The highest BCUT2D eigenvalue weighted by molar-refractivity contribution is 6.67. The number of rotatable bonds is 6. The third-order valence-corrected chi connectivity index (χ3v) is 3.08. The van der Waals surface area contributed by atoms with Gasteiger partial charge in [-0.05, 0) is 12.3 Å². The van der Waals surface area contributed by atoms with Crippen LogP contribution in [-0.2, 0) is 14.3 Å². The molecule has 2 N–H and O–H groups in total. The van der Waals surface area contributed by atoms with E-state index in [4.69, 9.17) is 10.5 Å². The number of amides is 4. The molecule has 1 aliphatic heterocycles. The van der Waals surface area contributed by atoms with Crippen molar-refractivity contribution < 1.29 is 23.7 Å². The lowest BCUT2D eigenvalue weighted by molar-refractivity contribution is -0.442. The van der Waals surface area contributed by atoms with Crippen LogP contribution in [-0.4, -0.2) is 66.2 Å². The lowest BCUT2D eigenvalue weighted by Gasteiger charge is -2.21. The molecule has 0 unspecified atom stereocenters. The van der Waals surface area contributed by atoms with E-state index in [0.717, 1.165) is 4.90 Å². The van der Waals surface area contributed by atoms with Crippen LogP contribution >= 0.6 is 0 Å². The zero-order chi connectivity index (χ0) is 16.9. The van der Waals surface area contributed by atoms with E-state index < -0.39 is 17.8 Å². The van der Waals surface area contributed by atoms with Gasteiger partial charge < -0.3 is 10.5 Å². The monoisotopic (exact) mass is 311 g/mol. The molecule has 0 spiro atoms. The summed E-state index contributed by atoms with van der Waals surface area (Å²) in [6.45, 7) is 4.62. The Hall–Kier alpha value is -2.09. The number of nitrogens with zero attached hydrogens (tertiary/aromatic N) is 3. The number of urea groups is 1. The van der Waals surface area contributed by atoms with E-state index in [9.17, 15) is 14.4 Å². The first kappa shape index (κ1) is 18.0. The Morgan fingerprint density at radius 3 is 2.59 bits per heavy atom. The smallest absolute Gasteiger partial charge is 0.385 e. The quantitative estimate of drug-likeness (QED) is 0.549. The Bertz CT molecular complexity index is 537. The highest BCUT2D eigenvalue weighted by Gasteiger charge is 2.41. The summed E-state index contributed by atoms with van der Waals surface area (Å²) in [5, 5.41) is 0. The molecule has 0 saturated carbocycles. The molecule has 0 aliphatic carbocycles. The van der Waals surface area contributed by atoms with Crippen molar-refractivity contribution in [3.8, 4) is 0 Å². The summed E-state index contributed by atoms with van der Waals surface area (Å²) in [5.74, 6) is -1.04. The molecule has 0 atom stereocenters. The molecule has 0 aromatic carbocycles. The van der Waals surface area contributed by atoms with Crippen molar-refractivity contribution in [2.24, 2.45) is 16.6 Å². The molecule has 22 heavy (non-hydrogen) atoms. The second-order valence-electron chi connectivity index (χ2n) is 5.49. The van der Waals surface area contributed by atoms with E-state index in [1.807, 2.05) is 13.8 Å². The van der Waals surface area contributed by atoms with Crippen LogP contribution in [0.3, 0.4) is 0 Å². The van der Waals surface area contributed by atoms with Gasteiger partial charge in [-0.25, -0.2) is 9.59 Å². The van der Waals surface area contributed by atoms with E-state index in [2.05, 4.69) is 4.99 Å². The van der Waals surface area contributed by atoms with E-state index in [0.29, 0.717) is 19.6 Å². The minimum atomic E-state index is -0.664. The molecule has 4 amide bonds. The van der Waals surface area contributed by atoms with Gasteiger partial charge in [0.1, 0.15) is 0 Å². The molecule has 1 aliphatic rings. The number of imide groups is 1. The number of amidine groups is 1. The van der Waals surface area contributed by atoms with Gasteiger partial charge in [-0.15, -0.1) is 0 Å². The van der Waals surface area contributed by atoms with Crippen LogP contribution < -0.4 is 5.73 Å². The molecule has 0 bridgehead atoms. The zero-order valence-electron chi connectivity index (χ0n) is 13.5. The van der Waals surface area contributed by atoms with Crippen molar-refractivity contribution in [2.75, 3.05) is 27.3 Å². The Kier molecular flexibility index (Phi) is 6.36. The number of carbonyl (C=O) groups is 3. The number of hydrogen-bond donors (Lipinski definition) is 1. The van der Waals surface area contributed by atoms with Gasteiger partial charge in [0.2, 0.25) is 11.6 Å². The van der Waals surface area contributed by atoms with Crippen molar-refractivity contribution in [1.29, 1.82) is 0 Å². The number of methoxy groups -OCH3 is 1. The van der Waals surface area contributed by atoms with Gasteiger partial charge in [0, 0.05) is 20.1 Å². The van der Waals surface area contributed by atoms with Gasteiger partial charge in [0.05, 0.1) is 13.6 Å². The Morgan fingerprint density at radius 2 is 2.05 bits per heavy atom. The molecule has 1 heterocycles. The van der Waals surface area contributed by atoms with E-state index in [1.54, 1.807) is 0 Å². The molecule has 0 aromatic rings. The molecule has 0 fully saturated rings. The largest absolute Gasteiger partial charge is 0.446 e. The van der Waals surface area contributed by atoms with Gasteiger partial charge in [-0.3, -0.25) is 4.79 Å². The maximum absolute atomic E-state index is 12.1. The lowest BCUT2D eigenvalue weighted by Crippen LogP contribution is -2.57. The number of aliphatic imine (C=N–C) groups is 1. The fraction of sp³-hybridized carbons (Fsp3) is 0.643. The molecule has 1 rings (SSSR count). The first-order valence-corrected chi connectivity index (χ1v) is 7.12. The van der Waals surface area contributed by atoms with Crippen LogP contribution in [0.4, 0.5) is 4.79 Å². The normalized spacial score (nSPS) is 17.9. The van der Waals surface area contributed by atoms with Crippen LogP contribution in [0, 0.1) is 5.92 Å². The average molecular weight is 311 g/mol. The number of ether oxygens (including phenoxy) is 1. The summed E-state index contributed by atoms with van der Waals surface area (Å²) in [4.78, 5) is 40.7. The minimum Gasteiger partial charge on any atom is -0.385 e. The summed E-state index contributed by atoms with van der Waals surface area (Å²) in [6, 6.07) is -0.512. The van der Waals surface area contributed by atoms with Gasteiger partial charge in [0.15, 0.2) is 0 Å². The van der Waals surface area contributed by atoms with Crippen LogP contribution in [0.25, 0.3) is 0 Å². The van der Waals surface area contributed by atoms with Gasteiger partial charge in [-0.2, -0.15) is 14.5 Å². The summed E-state index contributed by atoms with van der Waals surface area (Å²) >= 11 is 0. The second kappa shape index (κ2) is 7.79. The van der Waals surface area contributed by atoms with Gasteiger partial charge in [0.25, 0.3) is 5.84 Å². The molecule has 8 heteroatoms. The maximum atomic E-state index is 12.1. The third-order valence-electron chi connectivity index (χ3n) is 3.08. The maximum Gasteiger partial charge on any atom is 0.446 e. The Morgan fingerprint density at radius 1 is 1.41 bits per heavy atom. The first-order chi connectivity index (χ1) is 10.3. The minimum absolute atomic E-state index is 0.0677. The lowest BCUT2D eigenvalue weighted by atomic mass is 10.2. The van der Waals surface area contributed by atoms with Crippen molar-refractivity contribution in [1.82, 2.24) is 4.90 Å². The van der Waals surface area contributed by atoms with Crippen molar-refractivity contribution in [2.45, 2.75) is 26.7 Å². The second-order valence-corrected chi connectivity index (χ2v) is 5.49.